The molecular weight excluding hydrogens is 572 g/mol. The molecule has 10 heteroatoms. The zero-order valence-electron chi connectivity index (χ0n) is 28.5. The van der Waals surface area contributed by atoms with Gasteiger partial charge in [0.25, 0.3) is 0 Å². The second-order valence-corrected chi connectivity index (χ2v) is 14.2. The molecule has 2 atom stereocenters. The molecule has 2 aromatic rings. The predicted octanol–water partition coefficient (Wildman–Crippen LogP) is 7.03. The van der Waals surface area contributed by atoms with E-state index in [1.54, 1.807) is 41.5 Å². The normalized spacial score (nSPS) is 13.1. The van der Waals surface area contributed by atoms with Crippen LogP contribution in [0.1, 0.15) is 93.2 Å². The lowest BCUT2D eigenvalue weighted by molar-refractivity contribution is -0.119. The Morgan fingerprint density at radius 1 is 0.578 bits per heavy atom. The van der Waals surface area contributed by atoms with Gasteiger partial charge in [-0.1, -0.05) is 52.0 Å². The van der Waals surface area contributed by atoms with Crippen molar-refractivity contribution in [2.24, 2.45) is 11.8 Å². The van der Waals surface area contributed by atoms with Gasteiger partial charge in [0, 0.05) is 11.4 Å². The minimum absolute atomic E-state index is 0.188. The van der Waals surface area contributed by atoms with Crippen molar-refractivity contribution in [2.45, 2.75) is 112 Å². The summed E-state index contributed by atoms with van der Waals surface area (Å²) in [7, 11) is 0. The van der Waals surface area contributed by atoms with Crippen molar-refractivity contribution in [3.63, 3.8) is 0 Å². The molecule has 0 fully saturated rings. The lowest BCUT2D eigenvalue weighted by Gasteiger charge is -2.24. The minimum atomic E-state index is -0.729. The Hall–Kier alpha value is -4.08. The monoisotopic (exact) mass is 624 g/mol. The first-order valence-electron chi connectivity index (χ1n) is 15.6. The maximum Gasteiger partial charge on any atom is 0.408 e. The van der Waals surface area contributed by atoms with Crippen molar-refractivity contribution in [1.29, 1.82) is 0 Å². The maximum atomic E-state index is 13.0. The number of carbonyl (C=O) groups excluding carboxylic acids is 4. The van der Waals surface area contributed by atoms with Gasteiger partial charge in [-0.25, -0.2) is 9.59 Å². The molecule has 0 radical (unpaired) electrons. The SMILES string of the molecule is CC(C)C[C@H](NC(=O)OC(C)(C)C)C(=O)Nc1ccc(Cc2ccc(NC(=O)[C@H](CC(C)C)NC(=O)OC(C)(C)C)cc2)cc1. The van der Waals surface area contributed by atoms with Gasteiger partial charge in [-0.05, 0) is 108 Å². The first kappa shape index (κ1) is 37.1. The number of amides is 4. The fourth-order valence-corrected chi connectivity index (χ4v) is 4.41. The summed E-state index contributed by atoms with van der Waals surface area (Å²) < 4.78 is 10.7. The average Bonchev–Trinajstić information content (AvgIpc) is 2.87. The first-order valence-corrected chi connectivity index (χ1v) is 15.6. The molecule has 4 N–H and O–H groups in total. The number of nitrogens with one attached hydrogen (secondary N) is 4. The van der Waals surface area contributed by atoms with Crippen LogP contribution < -0.4 is 21.3 Å². The van der Waals surface area contributed by atoms with Crippen molar-refractivity contribution in [3.05, 3.63) is 59.7 Å². The quantitative estimate of drug-likeness (QED) is 0.200. The summed E-state index contributed by atoms with van der Waals surface area (Å²) in [5.74, 6) is -0.241. The van der Waals surface area contributed by atoms with Gasteiger partial charge < -0.3 is 30.7 Å². The van der Waals surface area contributed by atoms with E-state index in [2.05, 4.69) is 21.3 Å². The molecule has 0 unspecified atom stereocenters. The highest BCUT2D eigenvalue weighted by Gasteiger charge is 2.26. The van der Waals surface area contributed by atoms with Gasteiger partial charge in [0.1, 0.15) is 23.3 Å². The number of hydrogen-bond donors (Lipinski definition) is 4. The van der Waals surface area contributed by atoms with Crippen molar-refractivity contribution in [3.8, 4) is 0 Å². The molecule has 0 saturated heterocycles. The highest BCUT2D eigenvalue weighted by atomic mass is 16.6. The van der Waals surface area contributed by atoms with Gasteiger partial charge >= 0.3 is 12.2 Å². The summed E-state index contributed by atoms with van der Waals surface area (Å²) in [6.07, 6.45) is 0.333. The van der Waals surface area contributed by atoms with Crippen LogP contribution in [0.2, 0.25) is 0 Å². The number of benzene rings is 2. The lowest BCUT2D eigenvalue weighted by atomic mass is 10.0. The van der Waals surface area contributed by atoms with E-state index < -0.39 is 35.5 Å². The zero-order chi connectivity index (χ0) is 33.9. The molecule has 0 aliphatic carbocycles. The van der Waals surface area contributed by atoms with E-state index in [-0.39, 0.29) is 23.7 Å². The van der Waals surface area contributed by atoms with E-state index in [4.69, 9.17) is 9.47 Å². The molecular formula is C35H52N4O6. The molecule has 2 aromatic carbocycles. The van der Waals surface area contributed by atoms with E-state index in [1.807, 2.05) is 76.2 Å². The van der Waals surface area contributed by atoms with Gasteiger partial charge in [-0.15, -0.1) is 0 Å². The van der Waals surface area contributed by atoms with Gasteiger partial charge in [0.2, 0.25) is 11.8 Å². The second kappa shape index (κ2) is 16.3. The molecule has 0 bridgehead atoms. The maximum absolute atomic E-state index is 13.0. The van der Waals surface area contributed by atoms with Crippen LogP contribution in [0.3, 0.4) is 0 Å². The van der Waals surface area contributed by atoms with Crippen LogP contribution in [0.4, 0.5) is 21.0 Å². The summed E-state index contributed by atoms with van der Waals surface area (Å²) in [4.78, 5) is 50.6. The Bertz CT molecular complexity index is 1180. The average molecular weight is 625 g/mol. The molecule has 10 nitrogen and oxygen atoms in total. The summed E-state index contributed by atoms with van der Waals surface area (Å²) in [6, 6.07) is 13.6. The molecule has 248 valence electrons. The number of carbonyl (C=O) groups is 4. The summed E-state index contributed by atoms with van der Waals surface area (Å²) in [5.41, 5.74) is 1.99. The number of anilines is 2. The van der Waals surface area contributed by atoms with Crippen LogP contribution in [0.5, 0.6) is 0 Å². The second-order valence-electron chi connectivity index (χ2n) is 14.2. The Kier molecular flexibility index (Phi) is 13.4. The zero-order valence-corrected chi connectivity index (χ0v) is 28.5. The Balaban J connectivity index is 1.99. The fourth-order valence-electron chi connectivity index (χ4n) is 4.41. The summed E-state index contributed by atoms with van der Waals surface area (Å²) in [6.45, 7) is 18.6. The largest absolute Gasteiger partial charge is 0.444 e. The molecule has 0 saturated carbocycles. The predicted molar refractivity (Wildman–Crippen MR) is 178 cm³/mol. The molecule has 0 aliphatic rings. The molecule has 0 spiro atoms. The lowest BCUT2D eigenvalue weighted by Crippen LogP contribution is -2.46. The van der Waals surface area contributed by atoms with Gasteiger partial charge in [-0.3, -0.25) is 9.59 Å². The molecule has 2 rings (SSSR count). The van der Waals surface area contributed by atoms with Crippen molar-refractivity contribution in [2.75, 3.05) is 10.6 Å². The van der Waals surface area contributed by atoms with Crippen molar-refractivity contribution >= 4 is 35.4 Å². The molecule has 45 heavy (non-hydrogen) atoms. The van der Waals surface area contributed by atoms with E-state index >= 15 is 0 Å². The minimum Gasteiger partial charge on any atom is -0.444 e. The third kappa shape index (κ3) is 15.0. The molecule has 4 amide bonds. The first-order chi connectivity index (χ1) is 20.8. The van der Waals surface area contributed by atoms with Crippen LogP contribution in [0.15, 0.2) is 48.5 Å². The number of hydrogen-bond acceptors (Lipinski definition) is 6. The molecule has 0 aromatic heterocycles. The topological polar surface area (TPSA) is 135 Å². The van der Waals surface area contributed by atoms with Crippen LogP contribution >= 0.6 is 0 Å². The van der Waals surface area contributed by atoms with E-state index in [0.29, 0.717) is 30.6 Å². The van der Waals surface area contributed by atoms with Crippen molar-refractivity contribution < 1.29 is 28.7 Å². The number of rotatable bonds is 12. The van der Waals surface area contributed by atoms with Crippen LogP contribution in [-0.2, 0) is 25.5 Å². The number of alkyl carbamates (subject to hydrolysis) is 2. The standard InChI is InChI=1S/C35H52N4O6/c1-22(2)19-28(38-32(42)44-34(5,6)7)30(40)36-26-15-11-24(12-16-26)21-25-13-17-27(18-14-25)37-31(41)29(20-23(3)4)39-33(43)45-35(8,9)10/h11-18,22-23,28-29H,19-21H2,1-10H3,(H,36,40)(H,37,41)(H,38,42)(H,39,43)/t28-,29-/m0/s1. The van der Waals surface area contributed by atoms with Crippen LogP contribution in [0, 0.1) is 11.8 Å². The Labute approximate surface area is 268 Å². The third-order valence-electron chi connectivity index (χ3n) is 6.28. The van der Waals surface area contributed by atoms with Gasteiger partial charge in [0.15, 0.2) is 0 Å². The van der Waals surface area contributed by atoms with Crippen molar-refractivity contribution in [1.82, 2.24) is 10.6 Å². The Morgan fingerprint density at radius 2 is 0.889 bits per heavy atom. The fraction of sp³-hybridized carbons (Fsp3) is 0.543. The van der Waals surface area contributed by atoms with Gasteiger partial charge in [0.05, 0.1) is 0 Å². The summed E-state index contributed by atoms with van der Waals surface area (Å²) in [5, 5.41) is 11.2. The molecule has 0 heterocycles. The number of ether oxygens (including phenoxy) is 2. The highest BCUT2D eigenvalue weighted by Crippen LogP contribution is 2.18. The summed E-state index contributed by atoms with van der Waals surface area (Å²) >= 11 is 0. The van der Waals surface area contributed by atoms with Crippen LogP contribution in [0.25, 0.3) is 0 Å². The van der Waals surface area contributed by atoms with Crippen LogP contribution in [-0.4, -0.2) is 47.3 Å². The smallest absolute Gasteiger partial charge is 0.408 e. The Morgan fingerprint density at radius 3 is 1.16 bits per heavy atom. The van der Waals surface area contributed by atoms with E-state index in [1.165, 1.54) is 0 Å². The van der Waals surface area contributed by atoms with E-state index in [9.17, 15) is 19.2 Å². The third-order valence-corrected chi connectivity index (χ3v) is 6.28. The molecule has 0 aliphatic heterocycles. The highest BCUT2D eigenvalue weighted by molar-refractivity contribution is 5.97. The van der Waals surface area contributed by atoms with E-state index in [0.717, 1.165) is 11.1 Å². The van der Waals surface area contributed by atoms with Gasteiger partial charge in [-0.2, -0.15) is 0 Å².